The van der Waals surface area contributed by atoms with E-state index in [9.17, 15) is 4.79 Å². The standard InChI is InChI=1S/C16H18N2O/c1-18(2)12-13-8-6-7-11-15(13)16(19)17-14-9-4-3-5-10-14/h3-11H,12H2,1-2H3,(H,17,19). The average molecular weight is 254 g/mol. The maximum absolute atomic E-state index is 12.3. The Morgan fingerprint density at radius 2 is 1.63 bits per heavy atom. The number of benzene rings is 2. The number of nitrogens with one attached hydrogen (secondary N) is 1. The number of nitrogens with zero attached hydrogens (tertiary/aromatic N) is 1. The van der Waals surface area contributed by atoms with Gasteiger partial charge >= 0.3 is 0 Å². The fourth-order valence-corrected chi connectivity index (χ4v) is 1.94. The number of hydrogen-bond acceptors (Lipinski definition) is 2. The summed E-state index contributed by atoms with van der Waals surface area (Å²) in [7, 11) is 3.98. The summed E-state index contributed by atoms with van der Waals surface area (Å²) in [6.45, 7) is 0.748. The largest absolute Gasteiger partial charge is 0.322 e. The third kappa shape index (κ3) is 3.66. The number of hydrogen-bond donors (Lipinski definition) is 1. The zero-order valence-electron chi connectivity index (χ0n) is 11.3. The molecular weight excluding hydrogens is 236 g/mol. The normalized spacial score (nSPS) is 10.5. The number of para-hydroxylation sites is 1. The predicted molar refractivity (Wildman–Crippen MR) is 78.2 cm³/mol. The van der Waals surface area contributed by atoms with Gasteiger partial charge in [-0.3, -0.25) is 4.79 Å². The zero-order valence-corrected chi connectivity index (χ0v) is 11.3. The summed E-state index contributed by atoms with van der Waals surface area (Å²) in [6.07, 6.45) is 0. The number of amides is 1. The molecule has 2 aromatic rings. The molecule has 98 valence electrons. The maximum atomic E-state index is 12.3. The molecule has 1 amide bonds. The van der Waals surface area contributed by atoms with Crippen LogP contribution < -0.4 is 5.32 Å². The second kappa shape index (κ2) is 6.16. The summed E-state index contributed by atoms with van der Waals surface area (Å²) in [4.78, 5) is 14.3. The number of anilines is 1. The number of carbonyl (C=O) groups excluding carboxylic acids is 1. The highest BCUT2D eigenvalue weighted by Crippen LogP contribution is 2.13. The molecule has 3 nitrogen and oxygen atoms in total. The Bertz CT molecular complexity index is 550. The summed E-state index contributed by atoms with van der Waals surface area (Å²) in [5.41, 5.74) is 2.56. The minimum Gasteiger partial charge on any atom is -0.322 e. The van der Waals surface area contributed by atoms with E-state index < -0.39 is 0 Å². The van der Waals surface area contributed by atoms with Gasteiger partial charge in [0.2, 0.25) is 0 Å². The van der Waals surface area contributed by atoms with Gasteiger partial charge in [-0.2, -0.15) is 0 Å². The highest BCUT2D eigenvalue weighted by atomic mass is 16.1. The minimum absolute atomic E-state index is 0.0661. The lowest BCUT2D eigenvalue weighted by Crippen LogP contribution is -2.18. The fourth-order valence-electron chi connectivity index (χ4n) is 1.94. The molecule has 0 aliphatic heterocycles. The SMILES string of the molecule is CN(C)Cc1ccccc1C(=O)Nc1ccccc1. The van der Waals surface area contributed by atoms with E-state index in [0.29, 0.717) is 0 Å². The summed E-state index contributed by atoms with van der Waals surface area (Å²) >= 11 is 0. The second-order valence-corrected chi connectivity index (χ2v) is 4.72. The monoisotopic (exact) mass is 254 g/mol. The van der Waals surface area contributed by atoms with E-state index in [1.54, 1.807) is 0 Å². The van der Waals surface area contributed by atoms with Crippen LogP contribution in [-0.4, -0.2) is 24.9 Å². The molecule has 0 spiro atoms. The highest BCUT2D eigenvalue weighted by Gasteiger charge is 2.11. The Morgan fingerprint density at radius 3 is 2.32 bits per heavy atom. The molecule has 0 aliphatic rings. The Labute approximate surface area is 113 Å². The Balaban J connectivity index is 2.19. The van der Waals surface area contributed by atoms with Gasteiger partial charge in [0.05, 0.1) is 0 Å². The van der Waals surface area contributed by atoms with Gasteiger partial charge in [0.1, 0.15) is 0 Å². The van der Waals surface area contributed by atoms with E-state index in [0.717, 1.165) is 23.4 Å². The lowest BCUT2D eigenvalue weighted by molar-refractivity contribution is 0.102. The van der Waals surface area contributed by atoms with Crippen molar-refractivity contribution in [2.45, 2.75) is 6.54 Å². The Hall–Kier alpha value is -2.13. The van der Waals surface area contributed by atoms with Crippen LogP contribution in [0.15, 0.2) is 54.6 Å². The number of rotatable bonds is 4. The molecule has 0 heterocycles. The van der Waals surface area contributed by atoms with Crippen LogP contribution in [-0.2, 0) is 6.54 Å². The summed E-state index contributed by atoms with van der Waals surface area (Å²) < 4.78 is 0. The highest BCUT2D eigenvalue weighted by molar-refractivity contribution is 6.05. The van der Waals surface area contributed by atoms with Gasteiger partial charge in [-0.05, 0) is 37.9 Å². The minimum atomic E-state index is -0.0661. The third-order valence-corrected chi connectivity index (χ3v) is 2.78. The molecule has 0 saturated carbocycles. The van der Waals surface area contributed by atoms with E-state index in [-0.39, 0.29) is 5.91 Å². The fraction of sp³-hybridized carbons (Fsp3) is 0.188. The van der Waals surface area contributed by atoms with E-state index in [2.05, 4.69) is 10.2 Å². The maximum Gasteiger partial charge on any atom is 0.255 e. The molecule has 3 heteroatoms. The van der Waals surface area contributed by atoms with E-state index in [4.69, 9.17) is 0 Å². The van der Waals surface area contributed by atoms with Crippen molar-refractivity contribution in [1.29, 1.82) is 0 Å². The first kappa shape index (κ1) is 13.3. The van der Waals surface area contributed by atoms with Gasteiger partial charge in [-0.25, -0.2) is 0 Å². The second-order valence-electron chi connectivity index (χ2n) is 4.72. The van der Waals surface area contributed by atoms with Gasteiger partial charge in [-0.15, -0.1) is 0 Å². The topological polar surface area (TPSA) is 32.3 Å². The van der Waals surface area contributed by atoms with Crippen LogP contribution in [0.4, 0.5) is 5.69 Å². The van der Waals surface area contributed by atoms with Crippen LogP contribution >= 0.6 is 0 Å². The molecule has 0 aromatic heterocycles. The summed E-state index contributed by atoms with van der Waals surface area (Å²) in [5, 5.41) is 2.91. The van der Waals surface area contributed by atoms with E-state index >= 15 is 0 Å². The first-order valence-corrected chi connectivity index (χ1v) is 6.26. The van der Waals surface area contributed by atoms with Crippen LogP contribution in [0.3, 0.4) is 0 Å². The quantitative estimate of drug-likeness (QED) is 0.909. The first-order valence-electron chi connectivity index (χ1n) is 6.26. The van der Waals surface area contributed by atoms with Gasteiger partial charge in [-0.1, -0.05) is 36.4 Å². The van der Waals surface area contributed by atoms with Gasteiger partial charge in [0.25, 0.3) is 5.91 Å². The van der Waals surface area contributed by atoms with Crippen LogP contribution in [0.1, 0.15) is 15.9 Å². The van der Waals surface area contributed by atoms with Crippen molar-refractivity contribution < 1.29 is 4.79 Å². The smallest absolute Gasteiger partial charge is 0.255 e. The zero-order chi connectivity index (χ0) is 13.7. The predicted octanol–water partition coefficient (Wildman–Crippen LogP) is 3.00. The molecule has 0 radical (unpaired) electrons. The average Bonchev–Trinajstić information content (AvgIpc) is 2.39. The molecule has 0 atom stereocenters. The Kier molecular flexibility index (Phi) is 4.31. The first-order chi connectivity index (χ1) is 9.16. The lowest BCUT2D eigenvalue weighted by Gasteiger charge is -2.14. The van der Waals surface area contributed by atoms with Gasteiger partial charge < -0.3 is 10.2 Å². The van der Waals surface area contributed by atoms with E-state index in [1.807, 2.05) is 68.7 Å². The molecule has 0 aliphatic carbocycles. The number of carbonyl (C=O) groups is 1. The van der Waals surface area contributed by atoms with Crippen LogP contribution in [0, 0.1) is 0 Å². The summed E-state index contributed by atoms with van der Waals surface area (Å²) in [5.74, 6) is -0.0661. The van der Waals surface area contributed by atoms with Crippen molar-refractivity contribution in [2.24, 2.45) is 0 Å². The van der Waals surface area contributed by atoms with E-state index in [1.165, 1.54) is 0 Å². The van der Waals surface area contributed by atoms with Crippen molar-refractivity contribution in [1.82, 2.24) is 4.90 Å². The van der Waals surface area contributed by atoms with Crippen molar-refractivity contribution >= 4 is 11.6 Å². The van der Waals surface area contributed by atoms with Gasteiger partial charge in [0, 0.05) is 17.8 Å². The van der Waals surface area contributed by atoms with Crippen molar-refractivity contribution in [3.63, 3.8) is 0 Å². The molecule has 2 aromatic carbocycles. The molecule has 1 N–H and O–H groups in total. The Morgan fingerprint density at radius 1 is 1.00 bits per heavy atom. The van der Waals surface area contributed by atoms with Crippen molar-refractivity contribution in [3.05, 3.63) is 65.7 Å². The molecule has 0 saturated heterocycles. The van der Waals surface area contributed by atoms with Crippen molar-refractivity contribution in [3.8, 4) is 0 Å². The van der Waals surface area contributed by atoms with Gasteiger partial charge in [0.15, 0.2) is 0 Å². The molecule has 0 unspecified atom stereocenters. The van der Waals surface area contributed by atoms with Crippen molar-refractivity contribution in [2.75, 3.05) is 19.4 Å². The van der Waals surface area contributed by atoms with Crippen LogP contribution in [0.25, 0.3) is 0 Å². The third-order valence-electron chi connectivity index (χ3n) is 2.78. The summed E-state index contributed by atoms with van der Waals surface area (Å²) in [6, 6.07) is 17.2. The molecule has 2 rings (SSSR count). The van der Waals surface area contributed by atoms with Crippen LogP contribution in [0.2, 0.25) is 0 Å². The molecule has 0 bridgehead atoms. The van der Waals surface area contributed by atoms with Crippen LogP contribution in [0.5, 0.6) is 0 Å². The molecule has 0 fully saturated rings. The lowest BCUT2D eigenvalue weighted by atomic mass is 10.1. The molecule has 19 heavy (non-hydrogen) atoms. The molecular formula is C16H18N2O.